The van der Waals surface area contributed by atoms with Gasteiger partial charge in [0.25, 0.3) is 11.9 Å². The largest absolute Gasteiger partial charge is 0.407 e. The van der Waals surface area contributed by atoms with E-state index in [2.05, 4.69) is 15.3 Å². The van der Waals surface area contributed by atoms with Gasteiger partial charge in [0.2, 0.25) is 12.1 Å². The minimum atomic E-state index is -1.16. The van der Waals surface area contributed by atoms with E-state index in [-0.39, 0.29) is 11.9 Å². The molecule has 32 heavy (non-hydrogen) atoms. The quantitative estimate of drug-likeness (QED) is 0.430. The molecule has 4 N–H and O–H groups in total. The second-order valence-corrected chi connectivity index (χ2v) is 6.52. The van der Waals surface area contributed by atoms with Gasteiger partial charge in [-0.2, -0.15) is 4.99 Å². The van der Waals surface area contributed by atoms with E-state index in [0.717, 1.165) is 11.1 Å². The first-order valence-corrected chi connectivity index (χ1v) is 10.3. The molecule has 1 atom stereocenters. The van der Waals surface area contributed by atoms with E-state index in [4.69, 9.17) is 15.9 Å². The number of amidine groups is 1. The molecule has 1 aliphatic heterocycles. The number of aliphatic imine (C=N–C) groups is 2. The lowest BCUT2D eigenvalue weighted by atomic mass is 10.0. The van der Waals surface area contributed by atoms with Crippen molar-refractivity contribution in [1.82, 2.24) is 0 Å². The van der Waals surface area contributed by atoms with Gasteiger partial charge in [0.1, 0.15) is 0 Å². The van der Waals surface area contributed by atoms with Crippen LogP contribution >= 0.6 is 0 Å². The highest BCUT2D eigenvalue weighted by Gasteiger charge is 2.26. The van der Waals surface area contributed by atoms with Gasteiger partial charge in [-0.05, 0) is 18.2 Å². The van der Waals surface area contributed by atoms with E-state index in [1.165, 1.54) is 0 Å². The fourth-order valence-corrected chi connectivity index (χ4v) is 3.06. The zero-order valence-corrected chi connectivity index (χ0v) is 17.9. The van der Waals surface area contributed by atoms with Crippen LogP contribution in [0.3, 0.4) is 0 Å². The number of carbonyl (C=O) groups excluding carboxylic acids is 1. The van der Waals surface area contributed by atoms with Crippen molar-refractivity contribution in [2.24, 2.45) is 15.7 Å². The molecule has 3 aromatic rings. The summed E-state index contributed by atoms with van der Waals surface area (Å²) in [5, 5.41) is 10.9. The highest BCUT2D eigenvalue weighted by Crippen LogP contribution is 2.24. The summed E-state index contributed by atoms with van der Waals surface area (Å²) in [4.78, 5) is 21.5. The monoisotopic (exact) mass is 427 g/mol. The van der Waals surface area contributed by atoms with Crippen molar-refractivity contribution < 1.29 is 9.53 Å². The normalized spacial score (nSPS) is 15.2. The van der Waals surface area contributed by atoms with Crippen molar-refractivity contribution in [3.05, 3.63) is 102 Å². The summed E-state index contributed by atoms with van der Waals surface area (Å²) in [5.74, 6) is -0.604. The number of ether oxygens (including phenoxy) is 1. The molecule has 0 saturated heterocycles. The first-order chi connectivity index (χ1) is 15.6. The molecule has 162 valence electrons. The van der Waals surface area contributed by atoms with E-state index >= 15 is 0 Å². The van der Waals surface area contributed by atoms with E-state index in [1.807, 2.05) is 74.5 Å². The molecule has 0 aromatic heterocycles. The van der Waals surface area contributed by atoms with Crippen molar-refractivity contribution in [1.29, 1.82) is 5.41 Å². The topological polar surface area (TPSA) is 113 Å². The maximum Gasteiger partial charge on any atom is 0.291 e. The molecule has 3 aromatic carbocycles. The lowest BCUT2D eigenvalue weighted by Gasteiger charge is -2.10. The van der Waals surface area contributed by atoms with Gasteiger partial charge in [0.15, 0.2) is 0 Å². The number of benzodiazepines with no additional fused rings is 1. The van der Waals surface area contributed by atoms with Crippen LogP contribution in [-0.2, 0) is 9.53 Å². The Bertz CT molecular complexity index is 1140. The standard InChI is InChI=1S/C23H19N5O2.C2H6/c24-20(16-11-5-2-6-12-16)30-23(25)28-21-22(29)26-18-14-8-7-13-17(18)19(27-21)15-9-3-1-4-10-15;1-2/h1-14,21,24H,(H2,25,28)(H,26,29);1-2H3. The Kier molecular flexibility index (Phi) is 7.48. The summed E-state index contributed by atoms with van der Waals surface area (Å²) in [6.45, 7) is 4.00. The van der Waals surface area contributed by atoms with Gasteiger partial charge in [-0.3, -0.25) is 10.2 Å². The summed E-state index contributed by atoms with van der Waals surface area (Å²) in [5.41, 5.74) is 9.31. The van der Waals surface area contributed by atoms with E-state index in [9.17, 15) is 4.79 Å². The Morgan fingerprint density at radius 3 is 2.25 bits per heavy atom. The van der Waals surface area contributed by atoms with E-state index in [1.54, 1.807) is 24.3 Å². The predicted molar refractivity (Wildman–Crippen MR) is 128 cm³/mol. The van der Waals surface area contributed by atoms with Crippen molar-refractivity contribution >= 4 is 29.2 Å². The third-order valence-electron chi connectivity index (χ3n) is 4.47. The second kappa shape index (κ2) is 10.7. The highest BCUT2D eigenvalue weighted by molar-refractivity contribution is 6.19. The lowest BCUT2D eigenvalue weighted by molar-refractivity contribution is -0.117. The van der Waals surface area contributed by atoms with Crippen LogP contribution < -0.4 is 11.1 Å². The van der Waals surface area contributed by atoms with Crippen LogP contribution in [0.25, 0.3) is 0 Å². The first kappa shape index (κ1) is 22.4. The molecule has 0 saturated carbocycles. The number of hydrogen-bond acceptors (Lipinski definition) is 5. The summed E-state index contributed by atoms with van der Waals surface area (Å²) < 4.78 is 5.31. The second-order valence-electron chi connectivity index (χ2n) is 6.52. The Labute approximate surface area is 187 Å². The summed E-state index contributed by atoms with van der Waals surface area (Å²) in [6.07, 6.45) is -1.16. The number of nitrogens with zero attached hydrogens (tertiary/aromatic N) is 2. The van der Waals surface area contributed by atoms with Gasteiger partial charge >= 0.3 is 0 Å². The third kappa shape index (κ3) is 5.26. The molecule has 1 aliphatic rings. The summed E-state index contributed by atoms with van der Waals surface area (Å²) >= 11 is 0. The van der Waals surface area contributed by atoms with Crippen LogP contribution in [0.1, 0.15) is 30.5 Å². The average Bonchev–Trinajstić information content (AvgIpc) is 2.97. The summed E-state index contributed by atoms with van der Waals surface area (Å²) in [7, 11) is 0. The van der Waals surface area contributed by atoms with E-state index in [0.29, 0.717) is 17.0 Å². The molecular weight excluding hydrogens is 402 g/mol. The third-order valence-corrected chi connectivity index (χ3v) is 4.47. The average molecular weight is 428 g/mol. The van der Waals surface area contributed by atoms with Crippen LogP contribution in [0.5, 0.6) is 0 Å². The zero-order chi connectivity index (χ0) is 22.9. The molecule has 7 heteroatoms. The molecule has 0 bridgehead atoms. The van der Waals surface area contributed by atoms with Crippen molar-refractivity contribution in [3.63, 3.8) is 0 Å². The maximum atomic E-state index is 12.8. The number of para-hydroxylation sites is 1. The molecule has 0 aliphatic carbocycles. The molecule has 1 heterocycles. The van der Waals surface area contributed by atoms with Gasteiger partial charge < -0.3 is 15.8 Å². The molecule has 0 spiro atoms. The van der Waals surface area contributed by atoms with Crippen LogP contribution in [0.15, 0.2) is 94.9 Å². The Hall–Kier alpha value is -4.26. The molecule has 7 nitrogen and oxygen atoms in total. The number of benzene rings is 3. The molecule has 0 radical (unpaired) electrons. The smallest absolute Gasteiger partial charge is 0.291 e. The Morgan fingerprint density at radius 2 is 1.56 bits per heavy atom. The molecule has 1 unspecified atom stereocenters. The van der Waals surface area contributed by atoms with Gasteiger partial charge in [0.05, 0.1) is 11.4 Å². The minimum absolute atomic E-state index is 0.165. The SMILES string of the molecule is CC.N=C(O/C(N)=N/C1N=C(c2ccccc2)c2ccccc2NC1=O)c1ccccc1. The number of fused-ring (bicyclic) bond motifs is 1. The number of amides is 1. The Morgan fingerprint density at radius 1 is 0.969 bits per heavy atom. The number of hydrogen-bond donors (Lipinski definition) is 3. The molecular formula is C25H25N5O2. The van der Waals surface area contributed by atoms with Crippen molar-refractivity contribution in [3.8, 4) is 0 Å². The summed E-state index contributed by atoms with van der Waals surface area (Å²) in [6, 6.07) is 25.5. The number of rotatable bonds is 3. The van der Waals surface area contributed by atoms with Crippen molar-refractivity contribution in [2.75, 3.05) is 5.32 Å². The van der Waals surface area contributed by atoms with Gasteiger partial charge in [-0.15, -0.1) is 0 Å². The highest BCUT2D eigenvalue weighted by atomic mass is 16.5. The van der Waals surface area contributed by atoms with Crippen molar-refractivity contribution in [2.45, 2.75) is 20.0 Å². The predicted octanol–water partition coefficient (Wildman–Crippen LogP) is 4.19. The van der Waals surface area contributed by atoms with Crippen LogP contribution in [-0.4, -0.2) is 29.7 Å². The van der Waals surface area contributed by atoms with Gasteiger partial charge in [0, 0.05) is 16.7 Å². The van der Waals surface area contributed by atoms with Crippen LogP contribution in [0.2, 0.25) is 0 Å². The Balaban J connectivity index is 0.00000141. The minimum Gasteiger partial charge on any atom is -0.407 e. The zero-order valence-electron chi connectivity index (χ0n) is 17.9. The van der Waals surface area contributed by atoms with E-state index < -0.39 is 12.1 Å². The number of carbonyl (C=O) groups is 1. The van der Waals surface area contributed by atoms with Gasteiger partial charge in [-0.25, -0.2) is 4.99 Å². The fraction of sp³-hybridized carbons (Fsp3) is 0.120. The van der Waals surface area contributed by atoms with Crippen LogP contribution in [0.4, 0.5) is 5.69 Å². The fourth-order valence-electron chi connectivity index (χ4n) is 3.06. The molecule has 4 rings (SSSR count). The van der Waals surface area contributed by atoms with Crippen LogP contribution in [0, 0.1) is 5.41 Å². The molecule has 1 amide bonds. The van der Waals surface area contributed by atoms with Gasteiger partial charge in [-0.1, -0.05) is 80.6 Å². The molecule has 0 fully saturated rings. The number of anilines is 1. The maximum absolute atomic E-state index is 12.8. The first-order valence-electron chi connectivity index (χ1n) is 10.3. The lowest BCUT2D eigenvalue weighted by Crippen LogP contribution is -2.29. The number of nitrogens with one attached hydrogen (secondary N) is 2. The number of nitrogens with two attached hydrogens (primary N) is 1.